The molecule has 0 spiro atoms. The number of imidazole rings is 1. The van der Waals surface area contributed by atoms with Crippen LogP contribution in [-0.2, 0) is 25.2 Å². The summed E-state index contributed by atoms with van der Waals surface area (Å²) in [7, 11) is -2.26. The van der Waals surface area contributed by atoms with Crippen LogP contribution in [0.25, 0.3) is 0 Å². The molecule has 46 heavy (non-hydrogen) atoms. The van der Waals surface area contributed by atoms with Gasteiger partial charge in [0, 0.05) is 36.1 Å². The molecule has 248 valence electrons. The summed E-state index contributed by atoms with van der Waals surface area (Å²) in [6.45, 7) is 9.21. The molecule has 2 aliphatic heterocycles. The van der Waals surface area contributed by atoms with Crippen LogP contribution < -0.4 is 16.4 Å². The average molecular weight is 691 g/mol. The van der Waals surface area contributed by atoms with Crippen molar-refractivity contribution >= 4 is 62.9 Å². The summed E-state index contributed by atoms with van der Waals surface area (Å²) in [4.78, 5) is 34.5. The fourth-order valence-corrected chi connectivity index (χ4v) is 6.99. The second-order valence-electron chi connectivity index (χ2n) is 10.5. The van der Waals surface area contributed by atoms with Gasteiger partial charge in [-0.05, 0) is 70.6 Å². The van der Waals surface area contributed by atoms with Gasteiger partial charge in [-0.15, -0.1) is 13.0 Å². The van der Waals surface area contributed by atoms with Crippen molar-refractivity contribution in [2.75, 3.05) is 25.0 Å². The standard InChI is InChI=1S/C22H25Cl2N5O4S.C7H9N.C3H7N/c1-3-4-7-22(2)20(31)28(17-11-15(23)10-16(24)12-17)21-26-13-18(29(21)22)34(32,33)27-8-5-14(6-9-27)19(25)30;1-3-7(4-2)5-6-8;1-3-4-2/h3-4,10-14H,5-9H2,1-2H3,(H2,25,30);1,4-7H,2,8H2;3H,1-2H3/b4-3+;6-5+;/t22-;;/m1../s1. The maximum atomic E-state index is 13.7. The number of rotatable bonds is 8. The van der Waals surface area contributed by atoms with Gasteiger partial charge in [-0.1, -0.05) is 53.4 Å². The molecular formula is C32H41Cl2N7O4S. The minimum atomic E-state index is -4.01. The van der Waals surface area contributed by atoms with Gasteiger partial charge in [0.1, 0.15) is 5.54 Å². The first-order chi connectivity index (χ1) is 21.8. The SMILES string of the molecule is C#CC(C=C)/C=C/N.C/C=C/C[C@]1(C)C(=O)N(c2cc(Cl)cc(Cl)c2)c2ncc(S(=O)(=O)N3CCC(C(N)=O)CC3)n21.CC=NC. The minimum Gasteiger partial charge on any atom is -0.405 e. The highest BCUT2D eigenvalue weighted by molar-refractivity contribution is 7.89. The van der Waals surface area contributed by atoms with Crippen LogP contribution in [0.5, 0.6) is 0 Å². The zero-order valence-corrected chi connectivity index (χ0v) is 28.8. The number of anilines is 2. The van der Waals surface area contributed by atoms with E-state index < -0.39 is 21.5 Å². The molecule has 2 amide bonds. The molecule has 4 N–H and O–H groups in total. The number of hydrogen-bond acceptors (Lipinski definition) is 7. The fraction of sp³-hybridized carbons (Fsp3) is 0.375. The van der Waals surface area contributed by atoms with E-state index in [4.69, 9.17) is 41.1 Å². The molecule has 4 rings (SSSR count). The number of aromatic nitrogens is 2. The van der Waals surface area contributed by atoms with Crippen molar-refractivity contribution < 1.29 is 18.0 Å². The third kappa shape index (κ3) is 8.67. The molecule has 0 saturated carbocycles. The number of nitrogens with zero attached hydrogens (tertiary/aromatic N) is 5. The molecule has 11 nitrogen and oxygen atoms in total. The first kappa shape index (κ1) is 38.3. The van der Waals surface area contributed by atoms with Gasteiger partial charge in [0.15, 0.2) is 5.03 Å². The van der Waals surface area contributed by atoms with Crippen LogP contribution in [0, 0.1) is 24.2 Å². The van der Waals surface area contributed by atoms with Crippen LogP contribution in [0.2, 0.25) is 10.0 Å². The number of hydrogen-bond donors (Lipinski definition) is 2. The summed E-state index contributed by atoms with van der Waals surface area (Å²) in [5, 5.41) is 0.581. The lowest BCUT2D eigenvalue weighted by Crippen LogP contribution is -2.44. The molecule has 14 heteroatoms. The Hall–Kier alpha value is -3.89. The van der Waals surface area contributed by atoms with Gasteiger partial charge >= 0.3 is 0 Å². The second kappa shape index (κ2) is 17.1. The van der Waals surface area contributed by atoms with Gasteiger partial charge in [-0.3, -0.25) is 14.2 Å². The lowest BCUT2D eigenvalue weighted by atomic mass is 9.96. The van der Waals surface area contributed by atoms with E-state index in [0.717, 1.165) is 0 Å². The molecule has 2 aromatic rings. The Morgan fingerprint density at radius 3 is 2.28 bits per heavy atom. The second-order valence-corrected chi connectivity index (χ2v) is 13.2. The summed E-state index contributed by atoms with van der Waals surface area (Å²) in [5.74, 6) is 1.49. The number of nitrogens with two attached hydrogens (primary N) is 2. The van der Waals surface area contributed by atoms with Gasteiger partial charge in [-0.2, -0.15) is 4.31 Å². The van der Waals surface area contributed by atoms with E-state index >= 15 is 0 Å². The van der Waals surface area contributed by atoms with E-state index in [0.29, 0.717) is 28.6 Å². The average Bonchev–Trinajstić information content (AvgIpc) is 3.56. The minimum absolute atomic E-state index is 0.0139. The van der Waals surface area contributed by atoms with Crippen molar-refractivity contribution in [1.29, 1.82) is 0 Å². The Labute approximate surface area is 281 Å². The molecule has 2 aliphatic rings. The van der Waals surface area contributed by atoms with Gasteiger partial charge in [0.05, 0.1) is 17.8 Å². The highest BCUT2D eigenvalue weighted by atomic mass is 35.5. The number of primary amides is 1. The lowest BCUT2D eigenvalue weighted by molar-refractivity contribution is -0.124. The smallest absolute Gasteiger partial charge is 0.260 e. The molecule has 1 saturated heterocycles. The van der Waals surface area contributed by atoms with E-state index in [2.05, 4.69) is 22.5 Å². The zero-order valence-electron chi connectivity index (χ0n) is 26.4. The molecule has 2 atom stereocenters. The maximum Gasteiger partial charge on any atom is 0.260 e. The number of aliphatic imine (C=N–C) groups is 1. The number of piperidine rings is 1. The van der Waals surface area contributed by atoms with Gasteiger partial charge in [0.25, 0.3) is 15.9 Å². The third-order valence-corrected chi connectivity index (χ3v) is 9.71. The molecule has 1 aromatic carbocycles. The summed E-state index contributed by atoms with van der Waals surface area (Å²) in [5.41, 5.74) is 9.59. The predicted octanol–water partition coefficient (Wildman–Crippen LogP) is 5.04. The van der Waals surface area contributed by atoms with E-state index in [1.807, 2.05) is 19.9 Å². The Morgan fingerprint density at radius 2 is 1.85 bits per heavy atom. The number of benzene rings is 1. The molecule has 0 bridgehead atoms. The van der Waals surface area contributed by atoms with Crippen molar-refractivity contribution in [3.8, 4) is 12.3 Å². The first-order valence-electron chi connectivity index (χ1n) is 14.4. The number of carbonyl (C=O) groups is 2. The summed E-state index contributed by atoms with van der Waals surface area (Å²) in [6, 6.07) is 4.70. The summed E-state index contributed by atoms with van der Waals surface area (Å²) in [6.07, 6.45) is 17.4. The van der Waals surface area contributed by atoms with Gasteiger partial charge < -0.3 is 16.5 Å². The Bertz CT molecular complexity index is 1610. The van der Waals surface area contributed by atoms with E-state index in [-0.39, 0.29) is 48.2 Å². The maximum absolute atomic E-state index is 13.7. The fourth-order valence-electron chi connectivity index (χ4n) is 4.82. The molecular weight excluding hydrogens is 649 g/mol. The number of halogens is 2. The molecule has 1 fully saturated rings. The summed E-state index contributed by atoms with van der Waals surface area (Å²) >= 11 is 12.4. The topological polar surface area (TPSA) is 157 Å². The van der Waals surface area contributed by atoms with Crippen molar-refractivity contribution in [2.45, 2.75) is 50.6 Å². The molecule has 0 aliphatic carbocycles. The Kier molecular flexibility index (Phi) is 14.3. The number of terminal acetylenes is 1. The lowest BCUT2D eigenvalue weighted by Gasteiger charge is -2.31. The van der Waals surface area contributed by atoms with Crippen LogP contribution in [0.4, 0.5) is 11.6 Å². The van der Waals surface area contributed by atoms with Crippen LogP contribution in [0.3, 0.4) is 0 Å². The third-order valence-electron chi connectivity index (χ3n) is 7.41. The molecule has 3 heterocycles. The normalized spacial score (nSPS) is 19.3. The molecule has 0 radical (unpaired) electrons. The van der Waals surface area contributed by atoms with Crippen molar-refractivity contribution in [2.24, 2.45) is 28.3 Å². The molecule has 1 unspecified atom stereocenters. The quantitative estimate of drug-likeness (QED) is 0.225. The molecule has 1 aromatic heterocycles. The van der Waals surface area contributed by atoms with Crippen LogP contribution in [0.15, 0.2) is 71.5 Å². The van der Waals surface area contributed by atoms with Crippen molar-refractivity contribution in [1.82, 2.24) is 13.9 Å². The monoisotopic (exact) mass is 689 g/mol. The van der Waals surface area contributed by atoms with E-state index in [1.54, 1.807) is 56.6 Å². The zero-order chi connectivity index (χ0) is 34.7. The van der Waals surface area contributed by atoms with Crippen LogP contribution >= 0.6 is 23.2 Å². The number of allylic oxidation sites excluding steroid dienone is 4. The number of sulfonamides is 1. The van der Waals surface area contributed by atoms with Crippen molar-refractivity contribution in [3.63, 3.8) is 0 Å². The van der Waals surface area contributed by atoms with E-state index in [1.165, 1.54) is 26.2 Å². The van der Waals surface area contributed by atoms with E-state index in [9.17, 15) is 18.0 Å². The first-order valence-corrected chi connectivity index (χ1v) is 16.6. The Balaban J connectivity index is 0.000000523. The highest BCUT2D eigenvalue weighted by Crippen LogP contribution is 2.45. The van der Waals surface area contributed by atoms with Crippen LogP contribution in [-0.4, -0.2) is 60.4 Å². The van der Waals surface area contributed by atoms with Crippen molar-refractivity contribution in [3.05, 3.63) is 71.5 Å². The Morgan fingerprint density at radius 1 is 1.26 bits per heavy atom. The van der Waals surface area contributed by atoms with Gasteiger partial charge in [0.2, 0.25) is 11.9 Å². The number of amides is 2. The van der Waals surface area contributed by atoms with Gasteiger partial charge in [-0.25, -0.2) is 18.3 Å². The van der Waals surface area contributed by atoms with Crippen LogP contribution in [0.1, 0.15) is 40.0 Å². The highest BCUT2D eigenvalue weighted by Gasteiger charge is 2.52. The predicted molar refractivity (Wildman–Crippen MR) is 186 cm³/mol. The number of fused-ring (bicyclic) bond motifs is 1. The number of carbonyl (C=O) groups excluding carboxylic acids is 2. The summed E-state index contributed by atoms with van der Waals surface area (Å²) < 4.78 is 30.1. The largest absolute Gasteiger partial charge is 0.405 e.